The Bertz CT molecular complexity index is 341. The molecule has 0 aromatic carbocycles. The molecule has 17 heavy (non-hydrogen) atoms. The smallest absolute Gasteiger partial charge is 0.0666 e. The summed E-state index contributed by atoms with van der Waals surface area (Å²) in [5, 5.41) is 3.62. The number of hydrogen-bond donors (Lipinski definition) is 1. The van der Waals surface area contributed by atoms with Crippen LogP contribution in [0.15, 0.2) is 24.5 Å². The van der Waals surface area contributed by atoms with Crippen molar-refractivity contribution in [1.29, 1.82) is 0 Å². The number of nitrogens with one attached hydrogen (secondary N) is 1. The van der Waals surface area contributed by atoms with Crippen LogP contribution < -0.4 is 5.32 Å². The maximum atomic E-state index is 5.85. The molecule has 1 fully saturated rings. The van der Waals surface area contributed by atoms with Crippen LogP contribution >= 0.6 is 0 Å². The molecule has 2 atom stereocenters. The number of nitrogens with zero attached hydrogens (tertiary/aromatic N) is 1. The van der Waals surface area contributed by atoms with Gasteiger partial charge in [-0.05, 0) is 43.9 Å². The average molecular weight is 234 g/mol. The van der Waals surface area contributed by atoms with E-state index in [2.05, 4.69) is 36.3 Å². The Morgan fingerprint density at radius 1 is 1.47 bits per heavy atom. The van der Waals surface area contributed by atoms with E-state index in [1.807, 2.05) is 12.4 Å². The zero-order valence-electron chi connectivity index (χ0n) is 10.8. The fourth-order valence-electron chi connectivity index (χ4n) is 2.31. The van der Waals surface area contributed by atoms with Gasteiger partial charge >= 0.3 is 0 Å². The summed E-state index contributed by atoms with van der Waals surface area (Å²) in [4.78, 5) is 4.03. The van der Waals surface area contributed by atoms with E-state index < -0.39 is 0 Å². The van der Waals surface area contributed by atoms with Crippen LogP contribution in [0.1, 0.15) is 38.7 Å². The van der Waals surface area contributed by atoms with Crippen molar-refractivity contribution in [3.8, 4) is 0 Å². The number of pyridine rings is 1. The molecule has 94 valence electrons. The zero-order valence-corrected chi connectivity index (χ0v) is 10.8. The second-order valence-electron chi connectivity index (χ2n) is 5.08. The third kappa shape index (κ3) is 3.51. The molecule has 2 unspecified atom stereocenters. The van der Waals surface area contributed by atoms with E-state index >= 15 is 0 Å². The molecule has 3 nitrogen and oxygen atoms in total. The van der Waals surface area contributed by atoms with Gasteiger partial charge in [-0.2, -0.15) is 0 Å². The molecule has 0 bridgehead atoms. The van der Waals surface area contributed by atoms with E-state index in [0.29, 0.717) is 6.04 Å². The van der Waals surface area contributed by atoms with Gasteiger partial charge in [0, 0.05) is 31.6 Å². The summed E-state index contributed by atoms with van der Waals surface area (Å²) >= 11 is 0. The Morgan fingerprint density at radius 2 is 2.24 bits per heavy atom. The number of ether oxygens (including phenoxy) is 1. The van der Waals surface area contributed by atoms with Gasteiger partial charge in [-0.15, -0.1) is 0 Å². The topological polar surface area (TPSA) is 34.2 Å². The van der Waals surface area contributed by atoms with Crippen molar-refractivity contribution < 1.29 is 4.74 Å². The van der Waals surface area contributed by atoms with E-state index in [0.717, 1.165) is 32.4 Å². The molecular formula is C14H22N2O. The van der Waals surface area contributed by atoms with Gasteiger partial charge in [0.1, 0.15) is 0 Å². The van der Waals surface area contributed by atoms with Crippen LogP contribution in [0.3, 0.4) is 0 Å². The van der Waals surface area contributed by atoms with E-state index in [4.69, 9.17) is 4.74 Å². The highest BCUT2D eigenvalue weighted by atomic mass is 16.5. The summed E-state index contributed by atoms with van der Waals surface area (Å²) in [6.45, 7) is 6.21. The fraction of sp³-hybridized carbons (Fsp3) is 0.643. The van der Waals surface area contributed by atoms with Crippen molar-refractivity contribution in [1.82, 2.24) is 10.3 Å². The lowest BCUT2D eigenvalue weighted by atomic mass is 9.90. The van der Waals surface area contributed by atoms with Gasteiger partial charge in [-0.3, -0.25) is 4.98 Å². The van der Waals surface area contributed by atoms with E-state index in [9.17, 15) is 0 Å². The molecule has 1 aromatic heterocycles. The molecule has 0 spiro atoms. The molecule has 0 radical (unpaired) electrons. The van der Waals surface area contributed by atoms with Crippen LogP contribution in [-0.2, 0) is 11.3 Å². The lowest BCUT2D eigenvalue weighted by Gasteiger charge is -2.38. The quantitative estimate of drug-likeness (QED) is 0.869. The van der Waals surface area contributed by atoms with Gasteiger partial charge < -0.3 is 10.1 Å². The molecule has 1 N–H and O–H groups in total. The van der Waals surface area contributed by atoms with Crippen molar-refractivity contribution in [3.05, 3.63) is 30.1 Å². The Labute approximate surface area is 104 Å². The van der Waals surface area contributed by atoms with Gasteiger partial charge in [0.25, 0.3) is 0 Å². The molecule has 3 heteroatoms. The minimum Gasteiger partial charge on any atom is -0.375 e. The Balaban J connectivity index is 1.83. The Morgan fingerprint density at radius 3 is 2.94 bits per heavy atom. The maximum Gasteiger partial charge on any atom is 0.0666 e. The lowest BCUT2D eigenvalue weighted by molar-refractivity contribution is -0.0781. The summed E-state index contributed by atoms with van der Waals surface area (Å²) in [5.41, 5.74) is 1.36. The maximum absolute atomic E-state index is 5.85. The third-order valence-electron chi connectivity index (χ3n) is 3.69. The molecule has 2 rings (SSSR count). The highest BCUT2D eigenvalue weighted by Gasteiger charge is 2.31. The number of hydrogen-bond acceptors (Lipinski definition) is 3. The van der Waals surface area contributed by atoms with Gasteiger partial charge in [0.2, 0.25) is 0 Å². The van der Waals surface area contributed by atoms with E-state index in [-0.39, 0.29) is 5.60 Å². The molecule has 1 aliphatic heterocycles. The SMILES string of the molecule is CCC1(C)CC(NCc2ccncc2)CCO1. The minimum atomic E-state index is 0.0637. The van der Waals surface area contributed by atoms with Crippen LogP contribution in [0.25, 0.3) is 0 Å². The first-order valence-corrected chi connectivity index (χ1v) is 6.48. The number of rotatable bonds is 4. The molecule has 1 aromatic rings. The standard InChI is InChI=1S/C14H22N2O/c1-3-14(2)10-13(6-9-17-14)16-11-12-4-7-15-8-5-12/h4-5,7-8,13,16H,3,6,9-11H2,1-2H3. The summed E-state index contributed by atoms with van der Waals surface area (Å²) in [6, 6.07) is 4.69. The molecule has 0 saturated carbocycles. The summed E-state index contributed by atoms with van der Waals surface area (Å²) in [6.07, 6.45) is 6.99. The highest BCUT2D eigenvalue weighted by Crippen LogP contribution is 2.27. The second-order valence-corrected chi connectivity index (χ2v) is 5.08. The first-order chi connectivity index (χ1) is 8.22. The predicted molar refractivity (Wildman–Crippen MR) is 68.7 cm³/mol. The van der Waals surface area contributed by atoms with Crippen LogP contribution in [-0.4, -0.2) is 23.2 Å². The van der Waals surface area contributed by atoms with Crippen molar-refractivity contribution >= 4 is 0 Å². The monoisotopic (exact) mass is 234 g/mol. The second kappa shape index (κ2) is 5.61. The van der Waals surface area contributed by atoms with Crippen molar-refractivity contribution in [2.75, 3.05) is 6.61 Å². The van der Waals surface area contributed by atoms with Gasteiger partial charge in [-0.25, -0.2) is 0 Å². The van der Waals surface area contributed by atoms with Crippen molar-refractivity contribution in [2.45, 2.75) is 51.3 Å². The summed E-state index contributed by atoms with van der Waals surface area (Å²) in [7, 11) is 0. The average Bonchev–Trinajstić information content (AvgIpc) is 2.38. The first-order valence-electron chi connectivity index (χ1n) is 6.48. The van der Waals surface area contributed by atoms with Gasteiger partial charge in [-0.1, -0.05) is 6.92 Å². The molecule has 1 saturated heterocycles. The molecule has 1 aliphatic rings. The van der Waals surface area contributed by atoms with E-state index in [1.54, 1.807) is 0 Å². The minimum absolute atomic E-state index is 0.0637. The molecule has 0 amide bonds. The van der Waals surface area contributed by atoms with Crippen molar-refractivity contribution in [3.63, 3.8) is 0 Å². The van der Waals surface area contributed by atoms with Gasteiger partial charge in [0.05, 0.1) is 5.60 Å². The van der Waals surface area contributed by atoms with E-state index in [1.165, 1.54) is 5.56 Å². The highest BCUT2D eigenvalue weighted by molar-refractivity contribution is 5.09. The van der Waals surface area contributed by atoms with Crippen LogP contribution in [0, 0.1) is 0 Å². The number of aromatic nitrogens is 1. The third-order valence-corrected chi connectivity index (χ3v) is 3.69. The van der Waals surface area contributed by atoms with Gasteiger partial charge in [0.15, 0.2) is 0 Å². The van der Waals surface area contributed by atoms with Crippen molar-refractivity contribution in [2.24, 2.45) is 0 Å². The van der Waals surface area contributed by atoms with Crippen LogP contribution in [0.2, 0.25) is 0 Å². The first kappa shape index (κ1) is 12.5. The Kier molecular flexibility index (Phi) is 4.13. The normalized spacial score (nSPS) is 29.2. The lowest BCUT2D eigenvalue weighted by Crippen LogP contribution is -2.44. The largest absolute Gasteiger partial charge is 0.375 e. The summed E-state index contributed by atoms with van der Waals surface area (Å²) < 4.78 is 5.85. The predicted octanol–water partition coefficient (Wildman–Crippen LogP) is 2.52. The molecule has 2 heterocycles. The van der Waals surface area contributed by atoms with Crippen LogP contribution in [0.4, 0.5) is 0 Å². The molecular weight excluding hydrogens is 212 g/mol. The Hall–Kier alpha value is -0.930. The van der Waals surface area contributed by atoms with Crippen LogP contribution in [0.5, 0.6) is 0 Å². The summed E-state index contributed by atoms with van der Waals surface area (Å²) in [5.74, 6) is 0. The molecule has 0 aliphatic carbocycles. The fourth-order valence-corrected chi connectivity index (χ4v) is 2.31. The zero-order chi connectivity index (χ0) is 12.1.